The molecule has 0 N–H and O–H groups in total. The third kappa shape index (κ3) is 4.55. The van der Waals surface area contributed by atoms with Crippen molar-refractivity contribution in [3.8, 4) is 0 Å². The first kappa shape index (κ1) is 17.4. The van der Waals surface area contributed by atoms with Gasteiger partial charge in [-0.25, -0.2) is 9.48 Å². The van der Waals surface area contributed by atoms with E-state index in [1.54, 1.807) is 18.2 Å². The van der Waals surface area contributed by atoms with Crippen LogP contribution in [0.4, 0.5) is 0 Å². The van der Waals surface area contributed by atoms with Crippen LogP contribution < -0.4 is 0 Å². The quantitative estimate of drug-likeness (QED) is 0.615. The van der Waals surface area contributed by atoms with Crippen molar-refractivity contribution in [2.24, 2.45) is 0 Å². The molecule has 2 aromatic carbocycles. The molecule has 128 valence electrons. The van der Waals surface area contributed by atoms with Crippen molar-refractivity contribution in [3.63, 3.8) is 0 Å². The maximum Gasteiger partial charge on any atom is 0.331 e. The summed E-state index contributed by atoms with van der Waals surface area (Å²) in [5.74, 6) is -0.428. The minimum atomic E-state index is -0.653. The first-order valence-corrected chi connectivity index (χ1v) is 8.26. The highest BCUT2D eigenvalue weighted by Crippen LogP contribution is 2.23. The first-order valence-electron chi connectivity index (χ1n) is 7.50. The number of ether oxygens (including phenoxy) is 1. The van der Waals surface area contributed by atoms with E-state index in [4.69, 9.17) is 27.9 Å². The van der Waals surface area contributed by atoms with Crippen molar-refractivity contribution in [3.05, 3.63) is 76.0 Å². The van der Waals surface area contributed by atoms with E-state index in [2.05, 4.69) is 15.5 Å². The normalized spacial score (nSPS) is 11.9. The van der Waals surface area contributed by atoms with E-state index < -0.39 is 12.0 Å². The van der Waals surface area contributed by atoms with E-state index in [1.807, 2.05) is 30.3 Å². The van der Waals surface area contributed by atoms with E-state index in [9.17, 15) is 4.79 Å². The Morgan fingerprint density at radius 2 is 1.88 bits per heavy atom. The third-order valence-corrected chi connectivity index (χ3v) is 4.33. The molecule has 25 heavy (non-hydrogen) atoms. The molecule has 0 fully saturated rings. The number of rotatable bonds is 6. The number of esters is 1. The van der Waals surface area contributed by atoms with Gasteiger partial charge >= 0.3 is 5.97 Å². The lowest BCUT2D eigenvalue weighted by Gasteiger charge is -2.15. The molecule has 3 aromatic rings. The molecule has 1 aromatic heterocycles. The Balaban J connectivity index is 1.71. The van der Waals surface area contributed by atoms with E-state index >= 15 is 0 Å². The smallest absolute Gasteiger partial charge is 0.331 e. The summed E-state index contributed by atoms with van der Waals surface area (Å²) in [6.45, 7) is 0.0864. The summed E-state index contributed by atoms with van der Waals surface area (Å²) in [6, 6.07) is 14.0. The molecule has 1 heterocycles. The average molecular weight is 377 g/mol. The van der Waals surface area contributed by atoms with E-state index in [0.29, 0.717) is 16.5 Å². The lowest BCUT2D eigenvalue weighted by molar-refractivity contribution is -0.149. The lowest BCUT2D eigenvalue weighted by Crippen LogP contribution is -2.24. The Kier molecular flexibility index (Phi) is 5.63. The molecular formula is C17H14Cl2N4O2. The summed E-state index contributed by atoms with van der Waals surface area (Å²) in [6.07, 6.45) is 1.82. The number of hydrogen-bond acceptors (Lipinski definition) is 5. The second-order valence-corrected chi connectivity index (χ2v) is 6.17. The van der Waals surface area contributed by atoms with Gasteiger partial charge in [-0.15, -0.1) is 5.10 Å². The molecule has 0 bridgehead atoms. The number of hydrogen-bond donors (Lipinski definition) is 0. The molecule has 0 aliphatic rings. The fourth-order valence-electron chi connectivity index (χ4n) is 2.31. The molecule has 0 radical (unpaired) electrons. The van der Waals surface area contributed by atoms with Gasteiger partial charge in [-0.05, 0) is 33.7 Å². The van der Waals surface area contributed by atoms with Crippen molar-refractivity contribution in [2.45, 2.75) is 19.1 Å². The summed E-state index contributed by atoms with van der Waals surface area (Å²) < 4.78 is 6.82. The maximum absolute atomic E-state index is 12.6. The highest BCUT2D eigenvalue weighted by molar-refractivity contribution is 6.42. The SMILES string of the molecule is O=C(OCc1ccc(Cl)c(Cl)c1)[C@H](Cc1ccccc1)n1cnnn1. The van der Waals surface area contributed by atoms with Crippen molar-refractivity contribution in [1.82, 2.24) is 20.2 Å². The molecule has 0 aliphatic carbocycles. The summed E-state index contributed by atoms with van der Waals surface area (Å²) in [5, 5.41) is 11.9. The van der Waals surface area contributed by atoms with Crippen LogP contribution >= 0.6 is 23.2 Å². The molecule has 3 rings (SSSR count). The molecule has 6 nitrogen and oxygen atoms in total. The highest BCUT2D eigenvalue weighted by Gasteiger charge is 2.24. The van der Waals surface area contributed by atoms with Crippen LogP contribution in [-0.4, -0.2) is 26.2 Å². The molecule has 0 unspecified atom stereocenters. The Morgan fingerprint density at radius 3 is 2.56 bits per heavy atom. The topological polar surface area (TPSA) is 69.9 Å². The van der Waals surface area contributed by atoms with Crippen LogP contribution in [0.2, 0.25) is 10.0 Å². The van der Waals surface area contributed by atoms with Gasteiger partial charge in [0.25, 0.3) is 0 Å². The summed E-state index contributed by atoms with van der Waals surface area (Å²) >= 11 is 11.9. The predicted molar refractivity (Wildman–Crippen MR) is 93.3 cm³/mol. The molecule has 0 spiro atoms. The van der Waals surface area contributed by atoms with Gasteiger partial charge in [0.1, 0.15) is 12.9 Å². The monoisotopic (exact) mass is 376 g/mol. The second kappa shape index (κ2) is 8.09. The zero-order valence-electron chi connectivity index (χ0n) is 13.0. The van der Waals surface area contributed by atoms with Crippen molar-refractivity contribution >= 4 is 29.2 Å². The fourth-order valence-corrected chi connectivity index (χ4v) is 2.63. The molecular weight excluding hydrogens is 363 g/mol. The van der Waals surface area contributed by atoms with Crippen LogP contribution in [0.5, 0.6) is 0 Å². The van der Waals surface area contributed by atoms with Crippen LogP contribution in [0, 0.1) is 0 Å². The Labute approximate surface area is 154 Å². The van der Waals surface area contributed by atoms with Gasteiger partial charge in [-0.2, -0.15) is 0 Å². The molecule has 8 heteroatoms. The number of carbonyl (C=O) groups is 1. The predicted octanol–water partition coefficient (Wildman–Crippen LogP) is 3.51. The molecule has 0 aliphatic heterocycles. The first-order chi connectivity index (χ1) is 12.1. The van der Waals surface area contributed by atoms with E-state index in [0.717, 1.165) is 11.1 Å². The molecule has 1 atom stereocenters. The molecule has 0 amide bonds. The summed E-state index contributed by atoms with van der Waals surface area (Å²) in [5.41, 5.74) is 1.73. The Morgan fingerprint density at radius 1 is 1.08 bits per heavy atom. The van der Waals surface area contributed by atoms with Crippen LogP contribution in [0.1, 0.15) is 17.2 Å². The van der Waals surface area contributed by atoms with Crippen LogP contribution in [0.25, 0.3) is 0 Å². The zero-order valence-corrected chi connectivity index (χ0v) is 14.6. The van der Waals surface area contributed by atoms with Crippen molar-refractivity contribution in [2.75, 3.05) is 0 Å². The Bertz CT molecular complexity index is 841. The number of carbonyl (C=O) groups excluding carboxylic acids is 1. The van der Waals surface area contributed by atoms with E-state index in [1.165, 1.54) is 11.0 Å². The molecule has 0 saturated carbocycles. The minimum absolute atomic E-state index is 0.0864. The van der Waals surface area contributed by atoms with Gasteiger partial charge in [-0.1, -0.05) is 59.6 Å². The van der Waals surface area contributed by atoms with Crippen LogP contribution in [0.15, 0.2) is 54.9 Å². The number of aromatic nitrogens is 4. The van der Waals surface area contributed by atoms with E-state index in [-0.39, 0.29) is 6.61 Å². The Hall–Kier alpha value is -2.44. The molecule has 0 saturated heterocycles. The van der Waals surface area contributed by atoms with Crippen LogP contribution in [0.3, 0.4) is 0 Å². The number of nitrogens with zero attached hydrogens (tertiary/aromatic N) is 4. The standard InChI is InChI=1S/C17H14Cl2N4O2/c18-14-7-6-13(8-15(14)19)10-25-17(24)16(23-11-20-21-22-23)9-12-4-2-1-3-5-12/h1-8,11,16H,9-10H2/t16-/m0/s1. The largest absolute Gasteiger partial charge is 0.459 e. The average Bonchev–Trinajstić information content (AvgIpc) is 3.15. The summed E-state index contributed by atoms with van der Waals surface area (Å²) in [7, 11) is 0. The van der Waals surface area contributed by atoms with Gasteiger partial charge < -0.3 is 4.74 Å². The highest BCUT2D eigenvalue weighted by atomic mass is 35.5. The lowest BCUT2D eigenvalue weighted by atomic mass is 10.1. The number of halogens is 2. The van der Waals surface area contributed by atoms with Gasteiger partial charge in [0.05, 0.1) is 10.0 Å². The van der Waals surface area contributed by atoms with Gasteiger partial charge in [0.2, 0.25) is 0 Å². The van der Waals surface area contributed by atoms with Gasteiger partial charge in [0.15, 0.2) is 6.04 Å². The van der Waals surface area contributed by atoms with Gasteiger partial charge in [0, 0.05) is 6.42 Å². The minimum Gasteiger partial charge on any atom is -0.459 e. The number of benzene rings is 2. The van der Waals surface area contributed by atoms with Gasteiger partial charge in [-0.3, -0.25) is 0 Å². The number of tetrazole rings is 1. The third-order valence-electron chi connectivity index (χ3n) is 3.59. The van der Waals surface area contributed by atoms with Crippen LogP contribution in [-0.2, 0) is 22.6 Å². The fraction of sp³-hybridized carbons (Fsp3) is 0.176. The maximum atomic E-state index is 12.6. The summed E-state index contributed by atoms with van der Waals surface area (Å²) in [4.78, 5) is 12.6. The zero-order chi connectivity index (χ0) is 17.6. The second-order valence-electron chi connectivity index (χ2n) is 5.35. The van der Waals surface area contributed by atoms with Crippen molar-refractivity contribution < 1.29 is 9.53 Å². The van der Waals surface area contributed by atoms with Crippen molar-refractivity contribution in [1.29, 1.82) is 0 Å².